The number of esters is 1. The summed E-state index contributed by atoms with van der Waals surface area (Å²) in [5.41, 5.74) is 1.19. The van der Waals surface area contributed by atoms with Gasteiger partial charge in [-0.3, -0.25) is 9.59 Å². The number of carbonyl (C=O) groups is 3. The van der Waals surface area contributed by atoms with E-state index in [0.29, 0.717) is 11.1 Å². The van der Waals surface area contributed by atoms with Gasteiger partial charge < -0.3 is 4.74 Å². The Morgan fingerprint density at radius 3 is 2.10 bits per heavy atom. The van der Waals surface area contributed by atoms with Crippen molar-refractivity contribution < 1.29 is 19.1 Å². The van der Waals surface area contributed by atoms with Gasteiger partial charge >= 0.3 is 5.97 Å². The van der Waals surface area contributed by atoms with Gasteiger partial charge in [0.05, 0.1) is 12.7 Å². The van der Waals surface area contributed by atoms with Crippen molar-refractivity contribution in [2.24, 2.45) is 0 Å². The lowest BCUT2D eigenvalue weighted by Gasteiger charge is -2.19. The molecule has 0 spiro atoms. The number of methoxy groups -OCH3 is 1. The van der Waals surface area contributed by atoms with Gasteiger partial charge in [-0.1, -0.05) is 36.4 Å². The molecule has 0 heterocycles. The zero-order valence-corrected chi connectivity index (χ0v) is 10.7. The van der Waals surface area contributed by atoms with Crippen molar-refractivity contribution in [3.8, 4) is 0 Å². The normalized spacial score (nSPS) is 12.7. The number of benzene rings is 2. The zero-order valence-electron chi connectivity index (χ0n) is 10.7. The number of hydrogen-bond donors (Lipinski definition) is 0. The third kappa shape index (κ3) is 1.58. The Morgan fingerprint density at radius 1 is 0.850 bits per heavy atom. The van der Waals surface area contributed by atoms with Crippen LogP contribution in [-0.2, 0) is 4.74 Å². The van der Waals surface area contributed by atoms with Gasteiger partial charge in [0, 0.05) is 22.3 Å². The predicted molar refractivity (Wildman–Crippen MR) is 71.1 cm³/mol. The maximum absolute atomic E-state index is 12.5. The van der Waals surface area contributed by atoms with Crippen LogP contribution >= 0.6 is 0 Å². The van der Waals surface area contributed by atoms with E-state index < -0.39 is 5.97 Å². The lowest BCUT2D eigenvalue weighted by Crippen LogP contribution is -2.24. The molecule has 0 unspecified atom stereocenters. The van der Waals surface area contributed by atoms with E-state index in [1.807, 2.05) is 0 Å². The topological polar surface area (TPSA) is 60.4 Å². The molecule has 0 saturated heterocycles. The van der Waals surface area contributed by atoms with Gasteiger partial charge in [0.1, 0.15) is 0 Å². The average Bonchev–Trinajstić information content (AvgIpc) is 2.51. The summed E-state index contributed by atoms with van der Waals surface area (Å²) < 4.78 is 4.67. The van der Waals surface area contributed by atoms with Crippen LogP contribution in [0.15, 0.2) is 42.5 Å². The van der Waals surface area contributed by atoms with Gasteiger partial charge in [0.25, 0.3) is 0 Å². The Hall–Kier alpha value is -2.75. The van der Waals surface area contributed by atoms with Gasteiger partial charge in [0.15, 0.2) is 11.6 Å². The van der Waals surface area contributed by atoms with Crippen LogP contribution in [0.25, 0.3) is 0 Å². The standard InChI is InChI=1S/C16H10O4/c1-20-16(19)12-8-4-7-11-13(12)15(18)10-6-3-2-5-9(10)14(11)17/h2-8H,1H3. The lowest BCUT2D eigenvalue weighted by atomic mass is 9.82. The van der Waals surface area contributed by atoms with Crippen molar-refractivity contribution in [3.05, 3.63) is 70.3 Å². The molecule has 0 saturated carbocycles. The summed E-state index contributed by atoms with van der Waals surface area (Å²) in [6.07, 6.45) is 0. The molecule has 2 aromatic rings. The highest BCUT2D eigenvalue weighted by Crippen LogP contribution is 2.29. The minimum absolute atomic E-state index is 0.123. The minimum atomic E-state index is -0.623. The largest absolute Gasteiger partial charge is 0.465 e. The maximum Gasteiger partial charge on any atom is 0.338 e. The molecule has 0 bridgehead atoms. The van der Waals surface area contributed by atoms with Crippen LogP contribution in [0.1, 0.15) is 42.2 Å². The molecule has 98 valence electrons. The van der Waals surface area contributed by atoms with E-state index in [1.54, 1.807) is 36.4 Å². The SMILES string of the molecule is COC(=O)c1cccc2c1C(=O)c1ccccc1C2=O. The van der Waals surface area contributed by atoms with Gasteiger partial charge in [-0.25, -0.2) is 4.79 Å². The highest BCUT2D eigenvalue weighted by Gasteiger charge is 2.32. The first-order chi connectivity index (χ1) is 9.65. The molecule has 4 heteroatoms. The van der Waals surface area contributed by atoms with Crippen molar-refractivity contribution in [3.63, 3.8) is 0 Å². The first-order valence-electron chi connectivity index (χ1n) is 6.05. The molecule has 0 N–H and O–H groups in total. The fourth-order valence-electron chi connectivity index (χ4n) is 2.43. The van der Waals surface area contributed by atoms with E-state index in [1.165, 1.54) is 13.2 Å². The fraction of sp³-hybridized carbons (Fsp3) is 0.0625. The van der Waals surface area contributed by atoms with Crippen LogP contribution in [0.5, 0.6) is 0 Å². The molecule has 0 amide bonds. The van der Waals surface area contributed by atoms with E-state index >= 15 is 0 Å². The molecule has 1 aliphatic carbocycles. The molecule has 4 nitrogen and oxygen atoms in total. The van der Waals surface area contributed by atoms with Gasteiger partial charge in [-0.05, 0) is 6.07 Å². The van der Waals surface area contributed by atoms with Crippen molar-refractivity contribution in [2.75, 3.05) is 7.11 Å². The van der Waals surface area contributed by atoms with E-state index in [0.717, 1.165) is 0 Å². The molecular weight excluding hydrogens is 256 g/mol. The minimum Gasteiger partial charge on any atom is -0.465 e. The summed E-state index contributed by atoms with van der Waals surface area (Å²) in [5.74, 6) is -1.19. The van der Waals surface area contributed by atoms with Crippen molar-refractivity contribution in [1.29, 1.82) is 0 Å². The van der Waals surface area contributed by atoms with Crippen LogP contribution in [-0.4, -0.2) is 24.6 Å². The Bertz CT molecular complexity index is 759. The molecule has 3 rings (SSSR count). The summed E-state index contributed by atoms with van der Waals surface area (Å²) in [6, 6.07) is 11.2. The summed E-state index contributed by atoms with van der Waals surface area (Å²) in [5, 5.41) is 0. The van der Waals surface area contributed by atoms with E-state index in [2.05, 4.69) is 4.74 Å². The number of hydrogen-bond acceptors (Lipinski definition) is 4. The smallest absolute Gasteiger partial charge is 0.338 e. The molecule has 2 aromatic carbocycles. The third-order valence-corrected chi connectivity index (χ3v) is 3.36. The van der Waals surface area contributed by atoms with Crippen LogP contribution in [0.4, 0.5) is 0 Å². The maximum atomic E-state index is 12.5. The lowest BCUT2D eigenvalue weighted by molar-refractivity contribution is 0.0597. The van der Waals surface area contributed by atoms with E-state index in [4.69, 9.17) is 0 Å². The molecular formula is C16H10O4. The Morgan fingerprint density at radius 2 is 1.45 bits per heavy atom. The van der Waals surface area contributed by atoms with Crippen LogP contribution < -0.4 is 0 Å². The molecule has 0 atom stereocenters. The van der Waals surface area contributed by atoms with Crippen molar-refractivity contribution >= 4 is 17.5 Å². The zero-order chi connectivity index (χ0) is 14.3. The van der Waals surface area contributed by atoms with Gasteiger partial charge in [-0.15, -0.1) is 0 Å². The molecule has 1 aliphatic rings. The molecule has 0 aliphatic heterocycles. The van der Waals surface area contributed by atoms with Crippen LogP contribution in [0, 0.1) is 0 Å². The number of ketones is 2. The molecule has 20 heavy (non-hydrogen) atoms. The highest BCUT2D eigenvalue weighted by molar-refractivity contribution is 6.30. The van der Waals surface area contributed by atoms with Gasteiger partial charge in [0.2, 0.25) is 0 Å². The first kappa shape index (κ1) is 12.3. The second-order valence-electron chi connectivity index (χ2n) is 4.42. The average molecular weight is 266 g/mol. The number of rotatable bonds is 1. The Balaban J connectivity index is 2.31. The first-order valence-corrected chi connectivity index (χ1v) is 6.05. The molecule has 0 radical (unpaired) electrons. The number of fused-ring (bicyclic) bond motifs is 2. The second-order valence-corrected chi connectivity index (χ2v) is 4.42. The summed E-state index contributed by atoms with van der Waals surface area (Å²) in [7, 11) is 1.24. The summed E-state index contributed by atoms with van der Waals surface area (Å²) in [4.78, 5) is 36.7. The van der Waals surface area contributed by atoms with E-state index in [9.17, 15) is 14.4 Å². The summed E-state index contributed by atoms with van der Waals surface area (Å²) in [6.45, 7) is 0. The van der Waals surface area contributed by atoms with Gasteiger partial charge in [-0.2, -0.15) is 0 Å². The van der Waals surface area contributed by atoms with Crippen LogP contribution in [0.3, 0.4) is 0 Å². The predicted octanol–water partition coefficient (Wildman–Crippen LogP) is 2.25. The van der Waals surface area contributed by atoms with E-state index in [-0.39, 0.29) is 28.3 Å². The molecule has 0 fully saturated rings. The Kier molecular flexibility index (Phi) is 2.71. The van der Waals surface area contributed by atoms with Crippen LogP contribution in [0.2, 0.25) is 0 Å². The number of ether oxygens (including phenoxy) is 1. The second kappa shape index (κ2) is 4.42. The molecule has 0 aromatic heterocycles. The van der Waals surface area contributed by atoms with Crippen molar-refractivity contribution in [1.82, 2.24) is 0 Å². The highest BCUT2D eigenvalue weighted by atomic mass is 16.5. The monoisotopic (exact) mass is 266 g/mol. The summed E-state index contributed by atoms with van der Waals surface area (Å²) >= 11 is 0. The Labute approximate surface area is 115 Å². The fourth-order valence-corrected chi connectivity index (χ4v) is 2.43. The third-order valence-electron chi connectivity index (χ3n) is 3.36. The number of carbonyl (C=O) groups excluding carboxylic acids is 3. The van der Waals surface area contributed by atoms with Crippen molar-refractivity contribution in [2.45, 2.75) is 0 Å². The quantitative estimate of drug-likeness (QED) is 0.634.